The third-order valence-electron chi connectivity index (χ3n) is 2.00. The van der Waals surface area contributed by atoms with Gasteiger partial charge in [0.05, 0.1) is 7.11 Å². The first-order valence-electron chi connectivity index (χ1n) is 4.38. The number of ether oxygens (including phenoxy) is 1. The highest BCUT2D eigenvalue weighted by atomic mass is 32.1. The smallest absolute Gasteiger partial charge is 0.348 e. The fraction of sp³-hybridized carbons (Fsp3) is 0.0909. The normalized spacial score (nSPS) is 9.93. The van der Waals surface area contributed by atoms with Gasteiger partial charge in [-0.2, -0.15) is 0 Å². The monoisotopic (exact) mass is 219 g/mol. The largest absolute Gasteiger partial charge is 0.465 e. The molecule has 76 valence electrons. The van der Waals surface area contributed by atoms with Crippen molar-refractivity contribution in [1.82, 2.24) is 4.98 Å². The second-order valence-electron chi connectivity index (χ2n) is 2.93. The number of hydrogen-bond acceptors (Lipinski definition) is 4. The number of methoxy groups -OCH3 is 1. The molecule has 0 aliphatic rings. The summed E-state index contributed by atoms with van der Waals surface area (Å²) in [6.45, 7) is 0. The summed E-state index contributed by atoms with van der Waals surface area (Å²) < 4.78 is 4.64. The lowest BCUT2D eigenvalue weighted by molar-refractivity contribution is 0.0606. The Bertz CT molecular complexity index is 464. The van der Waals surface area contributed by atoms with Crippen LogP contribution in [0, 0.1) is 0 Å². The van der Waals surface area contributed by atoms with E-state index in [2.05, 4.69) is 9.72 Å². The first-order valence-corrected chi connectivity index (χ1v) is 5.26. The summed E-state index contributed by atoms with van der Waals surface area (Å²) in [6.07, 6.45) is 3.45. The Balaban J connectivity index is 2.32. The van der Waals surface area contributed by atoms with Crippen molar-refractivity contribution in [2.45, 2.75) is 0 Å². The van der Waals surface area contributed by atoms with Crippen LogP contribution in [0.4, 0.5) is 0 Å². The van der Waals surface area contributed by atoms with Gasteiger partial charge in [0.15, 0.2) is 0 Å². The van der Waals surface area contributed by atoms with Crippen LogP contribution >= 0.6 is 11.3 Å². The van der Waals surface area contributed by atoms with Crippen LogP contribution in [-0.4, -0.2) is 18.1 Å². The summed E-state index contributed by atoms with van der Waals surface area (Å²) in [5, 5.41) is 1.93. The maximum Gasteiger partial charge on any atom is 0.348 e. The maximum absolute atomic E-state index is 11.2. The van der Waals surface area contributed by atoms with Crippen molar-refractivity contribution in [2.24, 2.45) is 0 Å². The molecule has 0 unspecified atom stereocenters. The Hall–Kier alpha value is -1.68. The number of thiophene rings is 1. The molecule has 0 bridgehead atoms. The van der Waals surface area contributed by atoms with Gasteiger partial charge in [-0.15, -0.1) is 11.3 Å². The predicted molar refractivity (Wildman–Crippen MR) is 58.9 cm³/mol. The SMILES string of the molecule is COC(=O)c1cc(-c2ccncc2)cs1. The fourth-order valence-electron chi connectivity index (χ4n) is 1.24. The number of aromatic nitrogens is 1. The van der Waals surface area contributed by atoms with E-state index in [9.17, 15) is 4.79 Å². The van der Waals surface area contributed by atoms with Crippen LogP contribution in [0.3, 0.4) is 0 Å². The number of carbonyl (C=O) groups excluding carboxylic acids is 1. The van der Waals surface area contributed by atoms with E-state index in [4.69, 9.17) is 0 Å². The predicted octanol–water partition coefficient (Wildman–Crippen LogP) is 2.60. The molecule has 0 saturated heterocycles. The number of esters is 1. The van der Waals surface area contributed by atoms with Crippen LogP contribution in [0.2, 0.25) is 0 Å². The summed E-state index contributed by atoms with van der Waals surface area (Å²) in [5.74, 6) is -0.291. The minimum atomic E-state index is -0.291. The van der Waals surface area contributed by atoms with Gasteiger partial charge in [-0.25, -0.2) is 4.79 Å². The van der Waals surface area contributed by atoms with Crippen LogP contribution in [-0.2, 0) is 4.74 Å². The first-order chi connectivity index (χ1) is 7.31. The minimum absolute atomic E-state index is 0.291. The van der Waals surface area contributed by atoms with E-state index in [-0.39, 0.29) is 5.97 Å². The van der Waals surface area contributed by atoms with Crippen LogP contribution in [0.5, 0.6) is 0 Å². The van der Waals surface area contributed by atoms with Crippen LogP contribution in [0.25, 0.3) is 11.1 Å². The highest BCUT2D eigenvalue weighted by Gasteiger charge is 2.09. The van der Waals surface area contributed by atoms with E-state index in [1.807, 2.05) is 23.6 Å². The van der Waals surface area contributed by atoms with Crippen molar-refractivity contribution < 1.29 is 9.53 Å². The van der Waals surface area contributed by atoms with Crippen LogP contribution in [0.1, 0.15) is 9.67 Å². The number of rotatable bonds is 2. The molecule has 2 heterocycles. The molecule has 2 rings (SSSR count). The molecule has 0 fully saturated rings. The highest BCUT2D eigenvalue weighted by molar-refractivity contribution is 7.12. The third kappa shape index (κ3) is 2.05. The Morgan fingerprint density at radius 3 is 2.73 bits per heavy atom. The molecule has 2 aromatic rings. The molecule has 0 atom stereocenters. The highest BCUT2D eigenvalue weighted by Crippen LogP contribution is 2.25. The van der Waals surface area contributed by atoms with E-state index in [1.54, 1.807) is 12.4 Å². The minimum Gasteiger partial charge on any atom is -0.465 e. The Morgan fingerprint density at radius 1 is 1.33 bits per heavy atom. The maximum atomic E-state index is 11.2. The van der Waals surface area contributed by atoms with Gasteiger partial charge < -0.3 is 4.74 Å². The molecular formula is C11H9NO2S. The molecule has 0 aliphatic carbocycles. The first kappa shape index (κ1) is 9.86. The summed E-state index contributed by atoms with van der Waals surface area (Å²) in [5.41, 5.74) is 2.07. The molecule has 0 aliphatic heterocycles. The van der Waals surface area contributed by atoms with Crippen molar-refractivity contribution in [3.63, 3.8) is 0 Å². The second-order valence-corrected chi connectivity index (χ2v) is 3.84. The number of hydrogen-bond donors (Lipinski definition) is 0. The second kappa shape index (κ2) is 4.23. The standard InChI is InChI=1S/C11H9NO2S/c1-14-11(13)10-6-9(7-15-10)8-2-4-12-5-3-8/h2-7H,1H3. The lowest BCUT2D eigenvalue weighted by atomic mass is 10.1. The van der Waals surface area contributed by atoms with Crippen molar-refractivity contribution in [3.8, 4) is 11.1 Å². The van der Waals surface area contributed by atoms with E-state index in [0.29, 0.717) is 4.88 Å². The van der Waals surface area contributed by atoms with Gasteiger partial charge >= 0.3 is 5.97 Å². The molecule has 0 amide bonds. The zero-order valence-electron chi connectivity index (χ0n) is 8.14. The van der Waals surface area contributed by atoms with Gasteiger partial charge in [0.25, 0.3) is 0 Å². The van der Waals surface area contributed by atoms with Gasteiger partial charge in [0.2, 0.25) is 0 Å². The molecule has 2 aromatic heterocycles. The van der Waals surface area contributed by atoms with Gasteiger partial charge in [-0.05, 0) is 34.7 Å². The lowest BCUT2D eigenvalue weighted by Gasteiger charge is -1.94. The number of pyridine rings is 1. The van der Waals surface area contributed by atoms with Crippen molar-refractivity contribution in [1.29, 1.82) is 0 Å². The molecule has 0 aromatic carbocycles. The lowest BCUT2D eigenvalue weighted by Crippen LogP contribution is -1.96. The van der Waals surface area contributed by atoms with E-state index >= 15 is 0 Å². The molecule has 0 saturated carbocycles. The summed E-state index contributed by atoms with van der Waals surface area (Å²) in [6, 6.07) is 5.64. The van der Waals surface area contributed by atoms with Crippen LogP contribution in [0.15, 0.2) is 36.0 Å². The Morgan fingerprint density at radius 2 is 2.07 bits per heavy atom. The van der Waals surface area contributed by atoms with Crippen LogP contribution < -0.4 is 0 Å². The molecule has 15 heavy (non-hydrogen) atoms. The average molecular weight is 219 g/mol. The van der Waals surface area contributed by atoms with E-state index in [0.717, 1.165) is 11.1 Å². The Kier molecular flexibility index (Phi) is 2.78. The molecular weight excluding hydrogens is 210 g/mol. The number of nitrogens with zero attached hydrogens (tertiary/aromatic N) is 1. The zero-order chi connectivity index (χ0) is 10.7. The molecule has 3 nitrogen and oxygen atoms in total. The summed E-state index contributed by atoms with van der Waals surface area (Å²) in [4.78, 5) is 15.8. The van der Waals surface area contributed by atoms with Crippen molar-refractivity contribution >= 4 is 17.3 Å². The molecule has 0 N–H and O–H groups in total. The van der Waals surface area contributed by atoms with Gasteiger partial charge in [-0.3, -0.25) is 4.98 Å². The summed E-state index contributed by atoms with van der Waals surface area (Å²) >= 11 is 1.38. The molecule has 0 spiro atoms. The number of carbonyl (C=O) groups is 1. The zero-order valence-corrected chi connectivity index (χ0v) is 8.95. The summed E-state index contributed by atoms with van der Waals surface area (Å²) in [7, 11) is 1.38. The Labute approximate surface area is 91.4 Å². The average Bonchev–Trinajstić information content (AvgIpc) is 2.78. The fourth-order valence-corrected chi connectivity index (χ4v) is 2.07. The van der Waals surface area contributed by atoms with Gasteiger partial charge in [-0.1, -0.05) is 0 Å². The quantitative estimate of drug-likeness (QED) is 0.729. The van der Waals surface area contributed by atoms with Crippen molar-refractivity contribution in [3.05, 3.63) is 40.8 Å². The van der Waals surface area contributed by atoms with Crippen molar-refractivity contribution in [2.75, 3.05) is 7.11 Å². The molecule has 4 heteroatoms. The topological polar surface area (TPSA) is 39.2 Å². The van der Waals surface area contributed by atoms with E-state index < -0.39 is 0 Å². The molecule has 0 radical (unpaired) electrons. The third-order valence-corrected chi connectivity index (χ3v) is 2.91. The van der Waals surface area contributed by atoms with Gasteiger partial charge in [0, 0.05) is 12.4 Å². The van der Waals surface area contributed by atoms with E-state index in [1.165, 1.54) is 18.4 Å². The van der Waals surface area contributed by atoms with Gasteiger partial charge in [0.1, 0.15) is 4.88 Å².